The average Bonchev–Trinajstić information content (AvgIpc) is 2.94. The molecule has 3 heteroatoms. The number of hydrogen-bond acceptors (Lipinski definition) is 3. The van der Waals surface area contributed by atoms with Crippen molar-refractivity contribution in [2.24, 2.45) is 5.92 Å². The Hall–Kier alpha value is -1.06. The van der Waals surface area contributed by atoms with Gasteiger partial charge in [-0.15, -0.1) is 0 Å². The zero-order valence-electron chi connectivity index (χ0n) is 11.8. The van der Waals surface area contributed by atoms with Gasteiger partial charge in [0.05, 0.1) is 6.61 Å². The zero-order chi connectivity index (χ0) is 13.2. The van der Waals surface area contributed by atoms with E-state index in [0.29, 0.717) is 5.92 Å². The molecule has 0 aromatic heterocycles. The summed E-state index contributed by atoms with van der Waals surface area (Å²) in [7, 11) is 0. The number of para-hydroxylation sites is 1. The third-order valence-corrected chi connectivity index (χ3v) is 5.95. The molecular formula is C17H21NO2. The molecule has 1 saturated carbocycles. The molecular weight excluding hydrogens is 250 g/mol. The Morgan fingerprint density at radius 3 is 3.05 bits per heavy atom. The first kappa shape index (κ1) is 11.6. The summed E-state index contributed by atoms with van der Waals surface area (Å²) in [6.45, 7) is 1.86. The summed E-state index contributed by atoms with van der Waals surface area (Å²) in [5, 5.41) is 0. The van der Waals surface area contributed by atoms with Crippen molar-refractivity contribution >= 4 is 0 Å². The maximum atomic E-state index is 6.65. The minimum Gasteiger partial charge on any atom is -0.472 e. The molecule has 1 spiro atoms. The van der Waals surface area contributed by atoms with Gasteiger partial charge in [0.2, 0.25) is 0 Å². The van der Waals surface area contributed by atoms with Crippen molar-refractivity contribution in [2.75, 3.05) is 13.2 Å². The SMILES string of the molecule is c1ccc2c(c1)OC13CCCCC1CCC21OCCN13. The maximum Gasteiger partial charge on any atom is 0.168 e. The van der Waals surface area contributed by atoms with E-state index in [0.717, 1.165) is 31.7 Å². The van der Waals surface area contributed by atoms with Crippen LogP contribution in [0.4, 0.5) is 0 Å². The Morgan fingerprint density at radius 1 is 1.10 bits per heavy atom. The largest absolute Gasteiger partial charge is 0.472 e. The summed E-state index contributed by atoms with van der Waals surface area (Å²) >= 11 is 0. The van der Waals surface area contributed by atoms with Gasteiger partial charge in [0.1, 0.15) is 5.75 Å². The standard InChI is InChI=1S/C17H21NO2/c1-2-7-15-14(6-1)17-10-8-13-5-3-4-9-16(13,20-15)18(17)11-12-19-17/h1-2,6-7,13H,3-5,8-12H2. The smallest absolute Gasteiger partial charge is 0.168 e. The van der Waals surface area contributed by atoms with Crippen LogP contribution < -0.4 is 4.74 Å². The monoisotopic (exact) mass is 271 g/mol. The quantitative estimate of drug-likeness (QED) is 0.723. The molecule has 0 amide bonds. The summed E-state index contributed by atoms with van der Waals surface area (Å²) in [6.07, 6.45) is 7.49. The molecule has 5 rings (SSSR count). The summed E-state index contributed by atoms with van der Waals surface area (Å²) in [5.74, 6) is 1.75. The van der Waals surface area contributed by atoms with Gasteiger partial charge in [-0.2, -0.15) is 0 Å². The molecule has 3 fully saturated rings. The number of piperidine rings is 1. The van der Waals surface area contributed by atoms with E-state index in [1.54, 1.807) is 0 Å². The Labute approximate surface area is 119 Å². The molecule has 2 bridgehead atoms. The lowest BCUT2D eigenvalue weighted by Gasteiger charge is -2.61. The molecule has 0 radical (unpaired) electrons. The summed E-state index contributed by atoms with van der Waals surface area (Å²) < 4.78 is 13.0. The van der Waals surface area contributed by atoms with Gasteiger partial charge in [-0.1, -0.05) is 24.6 Å². The summed E-state index contributed by atoms with van der Waals surface area (Å²) in [6, 6.07) is 8.53. The van der Waals surface area contributed by atoms with Crippen molar-refractivity contribution < 1.29 is 9.47 Å². The van der Waals surface area contributed by atoms with Crippen LogP contribution in [-0.4, -0.2) is 23.8 Å². The van der Waals surface area contributed by atoms with Crippen molar-refractivity contribution in [3.63, 3.8) is 0 Å². The van der Waals surface area contributed by atoms with Crippen molar-refractivity contribution in [2.45, 2.75) is 50.0 Å². The molecule has 3 unspecified atom stereocenters. The molecule has 0 N–H and O–H groups in total. The van der Waals surface area contributed by atoms with Gasteiger partial charge < -0.3 is 9.47 Å². The Balaban J connectivity index is 1.75. The van der Waals surface area contributed by atoms with Crippen LogP contribution >= 0.6 is 0 Å². The predicted molar refractivity (Wildman–Crippen MR) is 75.3 cm³/mol. The average molecular weight is 271 g/mol. The van der Waals surface area contributed by atoms with E-state index in [2.05, 4.69) is 29.2 Å². The van der Waals surface area contributed by atoms with Crippen molar-refractivity contribution in [3.05, 3.63) is 29.8 Å². The molecule has 3 heterocycles. The fourth-order valence-electron chi connectivity index (χ4n) is 5.18. The van der Waals surface area contributed by atoms with Crippen LogP contribution in [-0.2, 0) is 10.5 Å². The van der Waals surface area contributed by atoms with Crippen molar-refractivity contribution in [3.8, 4) is 5.75 Å². The van der Waals surface area contributed by atoms with Crippen molar-refractivity contribution in [1.82, 2.24) is 4.90 Å². The minimum atomic E-state index is -0.192. The van der Waals surface area contributed by atoms with Crippen LogP contribution in [0.15, 0.2) is 24.3 Å². The molecule has 106 valence electrons. The van der Waals surface area contributed by atoms with Crippen LogP contribution in [0.1, 0.15) is 44.1 Å². The van der Waals surface area contributed by atoms with E-state index < -0.39 is 0 Å². The molecule has 3 nitrogen and oxygen atoms in total. The predicted octanol–water partition coefficient (Wildman–Crippen LogP) is 3.24. The number of hydrogen-bond donors (Lipinski definition) is 0. The molecule has 4 aliphatic rings. The van der Waals surface area contributed by atoms with E-state index >= 15 is 0 Å². The van der Waals surface area contributed by atoms with E-state index in [-0.39, 0.29) is 11.4 Å². The lowest BCUT2D eigenvalue weighted by molar-refractivity contribution is -0.275. The number of fused-ring (bicyclic) bond motifs is 1. The normalized spacial score (nSPS) is 42.3. The summed E-state index contributed by atoms with van der Waals surface area (Å²) in [5.41, 5.74) is 0.983. The number of nitrogens with zero attached hydrogens (tertiary/aromatic N) is 1. The number of benzene rings is 1. The van der Waals surface area contributed by atoms with Crippen LogP contribution in [0.2, 0.25) is 0 Å². The second-order valence-electron chi connectivity index (χ2n) is 6.71. The Bertz CT molecular complexity index is 560. The van der Waals surface area contributed by atoms with Crippen LogP contribution in [0, 0.1) is 5.92 Å². The fourth-order valence-corrected chi connectivity index (χ4v) is 5.18. The van der Waals surface area contributed by atoms with Gasteiger partial charge >= 0.3 is 0 Å². The lowest BCUT2D eigenvalue weighted by Crippen LogP contribution is -2.69. The van der Waals surface area contributed by atoms with Crippen LogP contribution in [0.5, 0.6) is 5.75 Å². The third kappa shape index (κ3) is 1.20. The molecule has 3 atom stereocenters. The molecule has 20 heavy (non-hydrogen) atoms. The first-order valence-corrected chi connectivity index (χ1v) is 8.05. The van der Waals surface area contributed by atoms with Gasteiger partial charge in [-0.05, 0) is 31.7 Å². The van der Waals surface area contributed by atoms with Crippen molar-refractivity contribution in [1.29, 1.82) is 0 Å². The van der Waals surface area contributed by atoms with E-state index in [1.807, 2.05) is 0 Å². The highest BCUT2D eigenvalue weighted by Crippen LogP contribution is 2.60. The van der Waals surface area contributed by atoms with E-state index in [1.165, 1.54) is 31.2 Å². The fraction of sp³-hybridized carbons (Fsp3) is 0.647. The van der Waals surface area contributed by atoms with E-state index in [4.69, 9.17) is 9.47 Å². The van der Waals surface area contributed by atoms with Crippen LogP contribution in [0.25, 0.3) is 0 Å². The zero-order valence-corrected chi connectivity index (χ0v) is 11.8. The lowest BCUT2D eigenvalue weighted by atomic mass is 9.70. The molecule has 3 aliphatic heterocycles. The second kappa shape index (κ2) is 3.77. The molecule has 1 aromatic carbocycles. The Morgan fingerprint density at radius 2 is 2.05 bits per heavy atom. The van der Waals surface area contributed by atoms with Gasteiger partial charge in [0, 0.05) is 24.4 Å². The highest BCUT2D eigenvalue weighted by Gasteiger charge is 2.65. The molecule has 2 saturated heterocycles. The highest BCUT2D eigenvalue weighted by molar-refractivity contribution is 5.42. The molecule has 1 aliphatic carbocycles. The molecule has 1 aromatic rings. The topological polar surface area (TPSA) is 21.7 Å². The maximum absolute atomic E-state index is 6.65. The van der Waals surface area contributed by atoms with Gasteiger partial charge in [0.25, 0.3) is 0 Å². The number of rotatable bonds is 0. The van der Waals surface area contributed by atoms with Gasteiger partial charge in [0.15, 0.2) is 11.4 Å². The number of ether oxygens (including phenoxy) is 2. The van der Waals surface area contributed by atoms with E-state index in [9.17, 15) is 0 Å². The second-order valence-corrected chi connectivity index (χ2v) is 6.71. The third-order valence-electron chi connectivity index (χ3n) is 5.95. The Kier molecular flexibility index (Phi) is 2.19. The van der Waals surface area contributed by atoms with Gasteiger partial charge in [-0.25, -0.2) is 4.90 Å². The first-order valence-electron chi connectivity index (χ1n) is 8.05. The first-order chi connectivity index (χ1) is 9.85. The summed E-state index contributed by atoms with van der Waals surface area (Å²) in [4.78, 5) is 2.58. The van der Waals surface area contributed by atoms with Crippen LogP contribution in [0.3, 0.4) is 0 Å². The van der Waals surface area contributed by atoms with Gasteiger partial charge in [-0.3, -0.25) is 0 Å². The highest BCUT2D eigenvalue weighted by atomic mass is 16.6. The minimum absolute atomic E-state index is 0.0820.